The first-order valence-electron chi connectivity index (χ1n) is 8.47. The normalized spacial score (nSPS) is 12.2. The van der Waals surface area contributed by atoms with Crippen molar-refractivity contribution in [2.45, 2.75) is 13.0 Å². The quantitative estimate of drug-likeness (QED) is 0.450. The summed E-state index contributed by atoms with van der Waals surface area (Å²) in [7, 11) is 0. The minimum absolute atomic E-state index is 0.0672. The predicted octanol–water partition coefficient (Wildman–Crippen LogP) is 5.78. The second-order valence-electron chi connectivity index (χ2n) is 6.25. The largest absolute Gasteiger partial charge is 0.345 e. The van der Waals surface area contributed by atoms with Gasteiger partial charge in [-0.3, -0.25) is 13.8 Å². The zero-order valence-corrected chi connectivity index (χ0v) is 16.4. The zero-order valence-electron chi connectivity index (χ0n) is 14.7. The molecular weight excluding hydrogens is 400 g/mol. The Labute approximate surface area is 168 Å². The molecule has 4 aromatic rings. The van der Waals surface area contributed by atoms with Crippen molar-refractivity contribution in [1.29, 1.82) is 0 Å². The molecule has 0 aliphatic rings. The maximum absolute atomic E-state index is 14.0. The highest BCUT2D eigenvalue weighted by Gasteiger charge is 2.19. The molecule has 4 rings (SSSR count). The lowest BCUT2D eigenvalue weighted by molar-refractivity contribution is 0.0941. The minimum Gasteiger partial charge on any atom is -0.345 e. The van der Waals surface area contributed by atoms with Gasteiger partial charge in [-0.15, -0.1) is 15.2 Å². The zero-order chi connectivity index (χ0) is 19.7. The number of rotatable bonds is 5. The van der Waals surface area contributed by atoms with Crippen LogP contribution >= 0.6 is 23.7 Å². The van der Waals surface area contributed by atoms with E-state index in [1.54, 1.807) is 55.2 Å². The Morgan fingerprint density at radius 1 is 1.29 bits per heavy atom. The predicted molar refractivity (Wildman–Crippen MR) is 109 cm³/mol. The van der Waals surface area contributed by atoms with Gasteiger partial charge in [0.1, 0.15) is 5.82 Å². The molecule has 2 aromatic carbocycles. The van der Waals surface area contributed by atoms with Crippen LogP contribution in [0, 0.1) is 5.82 Å². The fourth-order valence-electron chi connectivity index (χ4n) is 3.15. The second kappa shape index (κ2) is 7.73. The van der Waals surface area contributed by atoms with Crippen LogP contribution in [0.2, 0.25) is 0 Å². The highest BCUT2D eigenvalue weighted by molar-refractivity contribution is 7.92. The molecule has 2 aromatic heterocycles. The monoisotopic (exact) mass is 415 g/mol. The van der Waals surface area contributed by atoms with Gasteiger partial charge in [-0.1, -0.05) is 18.2 Å². The van der Waals surface area contributed by atoms with Crippen molar-refractivity contribution >= 4 is 40.5 Å². The van der Waals surface area contributed by atoms with E-state index in [2.05, 4.69) is 10.3 Å². The summed E-state index contributed by atoms with van der Waals surface area (Å²) in [5, 5.41) is 3.47. The molecule has 0 fully saturated rings. The Kier molecular flexibility index (Phi) is 5.15. The summed E-state index contributed by atoms with van der Waals surface area (Å²) in [6.07, 6.45) is 3.27. The number of carbonyl (C=O) groups excluding carboxylic acids is 1. The smallest absolute Gasteiger partial charge is 0.252 e. The minimum atomic E-state index is -0.520. The van der Waals surface area contributed by atoms with Crippen LogP contribution in [0.4, 0.5) is 8.28 Å². The van der Waals surface area contributed by atoms with E-state index in [1.165, 1.54) is 21.4 Å². The van der Waals surface area contributed by atoms with Crippen molar-refractivity contribution in [3.8, 4) is 10.4 Å². The molecule has 0 saturated heterocycles. The summed E-state index contributed by atoms with van der Waals surface area (Å²) in [6.45, 7) is 1.73. The number of aromatic nitrogens is 2. The van der Waals surface area contributed by atoms with Gasteiger partial charge in [-0.25, -0.2) is 4.39 Å². The number of hydrogen-bond acceptors (Lipinski definition) is 4. The van der Waals surface area contributed by atoms with Crippen molar-refractivity contribution in [2.24, 2.45) is 0 Å². The lowest BCUT2D eigenvalue weighted by atomic mass is 10.0. The average Bonchev–Trinajstić information content (AvgIpc) is 3.37. The van der Waals surface area contributed by atoms with Gasteiger partial charge < -0.3 is 5.32 Å². The summed E-state index contributed by atoms with van der Waals surface area (Å²) in [5.41, 5.74) is 3.86. The number of carbonyl (C=O) groups is 1. The molecular formula is C20H15F2N3OS2. The van der Waals surface area contributed by atoms with Crippen LogP contribution < -0.4 is 5.32 Å². The molecule has 1 amide bonds. The molecule has 4 nitrogen and oxygen atoms in total. The third kappa shape index (κ3) is 3.41. The first-order chi connectivity index (χ1) is 13.6. The maximum Gasteiger partial charge on any atom is 0.252 e. The Hall–Kier alpha value is -2.71. The molecule has 8 heteroatoms. The Morgan fingerprint density at radius 2 is 2.11 bits per heavy atom. The van der Waals surface area contributed by atoms with Gasteiger partial charge in [0.05, 0.1) is 21.9 Å². The highest BCUT2D eigenvalue weighted by Crippen LogP contribution is 2.32. The van der Waals surface area contributed by atoms with E-state index in [-0.39, 0.29) is 24.1 Å². The number of benzene rings is 2. The van der Waals surface area contributed by atoms with Crippen molar-refractivity contribution in [3.05, 3.63) is 77.3 Å². The number of amides is 1. The molecule has 0 aliphatic heterocycles. The lowest BCUT2D eigenvalue weighted by Gasteiger charge is -2.16. The molecule has 0 aliphatic carbocycles. The summed E-state index contributed by atoms with van der Waals surface area (Å²) < 4.78 is 28.7. The van der Waals surface area contributed by atoms with Crippen molar-refractivity contribution in [3.63, 3.8) is 0 Å². The molecule has 1 unspecified atom stereocenters. The van der Waals surface area contributed by atoms with Crippen molar-refractivity contribution in [2.75, 3.05) is 0 Å². The molecule has 1 atom stereocenters. The molecule has 142 valence electrons. The van der Waals surface area contributed by atoms with E-state index >= 15 is 0 Å². The van der Waals surface area contributed by atoms with E-state index in [4.69, 9.17) is 0 Å². The third-order valence-electron chi connectivity index (χ3n) is 4.53. The summed E-state index contributed by atoms with van der Waals surface area (Å²) in [6, 6.07) is 11.1. The molecule has 1 N–H and O–H groups in total. The number of nitrogens with one attached hydrogen (secondary N) is 1. The molecule has 0 spiro atoms. The van der Waals surface area contributed by atoms with Crippen LogP contribution in [0.5, 0.6) is 0 Å². The van der Waals surface area contributed by atoms with Gasteiger partial charge in [-0.05, 0) is 36.8 Å². The Bertz CT molecular complexity index is 1140. The fraction of sp³-hybridized carbons (Fsp3) is 0.100. The van der Waals surface area contributed by atoms with Crippen molar-refractivity contribution < 1.29 is 13.1 Å². The van der Waals surface area contributed by atoms with E-state index in [1.807, 2.05) is 6.07 Å². The van der Waals surface area contributed by atoms with Crippen LogP contribution in [-0.2, 0) is 0 Å². The number of thiazole rings is 1. The standard InChI is InChI=1S/C20H15F2N3OS2/c1-12(14-4-2-3-5-17(14)21)24-20(26)16-8-13(19-10-23-11-27-19)9-18-15(16)6-7-25(18)28-22/h2-12H,1H3,(H,24,26). The molecule has 2 heterocycles. The van der Waals surface area contributed by atoms with Gasteiger partial charge in [0, 0.05) is 28.9 Å². The second-order valence-corrected chi connectivity index (χ2v) is 7.67. The molecule has 0 radical (unpaired) electrons. The topological polar surface area (TPSA) is 46.9 Å². The Morgan fingerprint density at radius 3 is 2.82 bits per heavy atom. The van der Waals surface area contributed by atoms with Crippen LogP contribution in [-0.4, -0.2) is 14.9 Å². The van der Waals surface area contributed by atoms with Gasteiger partial charge in [-0.2, -0.15) is 0 Å². The average molecular weight is 415 g/mol. The van der Waals surface area contributed by atoms with E-state index in [0.717, 1.165) is 10.4 Å². The molecule has 0 bridgehead atoms. The van der Waals surface area contributed by atoms with E-state index in [0.29, 0.717) is 22.0 Å². The van der Waals surface area contributed by atoms with Crippen LogP contribution in [0.3, 0.4) is 0 Å². The lowest BCUT2D eigenvalue weighted by Crippen LogP contribution is -2.27. The number of fused-ring (bicyclic) bond motifs is 1. The van der Waals surface area contributed by atoms with E-state index < -0.39 is 6.04 Å². The molecule has 28 heavy (non-hydrogen) atoms. The van der Waals surface area contributed by atoms with Gasteiger partial charge in [0.25, 0.3) is 5.91 Å². The van der Waals surface area contributed by atoms with Crippen LogP contribution in [0.25, 0.3) is 21.3 Å². The summed E-state index contributed by atoms with van der Waals surface area (Å²) >= 11 is 1.50. The number of halogens is 2. The first-order valence-corrected chi connectivity index (χ1v) is 10.0. The third-order valence-corrected chi connectivity index (χ3v) is 5.82. The Balaban J connectivity index is 1.75. The van der Waals surface area contributed by atoms with Gasteiger partial charge >= 0.3 is 0 Å². The van der Waals surface area contributed by atoms with E-state index in [9.17, 15) is 13.1 Å². The number of nitrogens with zero attached hydrogens (tertiary/aromatic N) is 2. The van der Waals surface area contributed by atoms with Gasteiger partial charge in [0.2, 0.25) is 0 Å². The molecule has 0 saturated carbocycles. The van der Waals surface area contributed by atoms with Crippen molar-refractivity contribution in [1.82, 2.24) is 14.3 Å². The highest BCUT2D eigenvalue weighted by atomic mass is 32.2. The fourth-order valence-corrected chi connectivity index (χ4v) is 4.09. The summed E-state index contributed by atoms with van der Waals surface area (Å²) in [5.74, 6) is -0.729. The first kappa shape index (κ1) is 18.6. The van der Waals surface area contributed by atoms with Crippen LogP contribution in [0.1, 0.15) is 28.9 Å². The maximum atomic E-state index is 14.0. The van der Waals surface area contributed by atoms with Gasteiger partial charge in [0.15, 0.2) is 12.3 Å². The number of hydrogen-bond donors (Lipinski definition) is 1. The SMILES string of the molecule is CC(NC(=O)c1cc(-c2cncs2)cc2c1ccn2SF)c1ccccc1F. The van der Waals surface area contributed by atoms with Crippen LogP contribution in [0.15, 0.2) is 60.4 Å². The summed E-state index contributed by atoms with van der Waals surface area (Å²) in [4.78, 5) is 18.0.